The van der Waals surface area contributed by atoms with Crippen molar-refractivity contribution < 1.29 is 9.53 Å². The number of hydrogen-bond donors (Lipinski definition) is 0. The van der Waals surface area contributed by atoms with Crippen LogP contribution in [0.25, 0.3) is 0 Å². The van der Waals surface area contributed by atoms with Crippen LogP contribution in [0.5, 0.6) is 0 Å². The molecule has 0 bridgehead atoms. The molecule has 2 aromatic rings. The van der Waals surface area contributed by atoms with E-state index in [1.807, 2.05) is 12.3 Å². The zero-order valence-corrected chi connectivity index (χ0v) is 18.0. The van der Waals surface area contributed by atoms with Gasteiger partial charge in [-0.1, -0.05) is 35.4 Å². The maximum absolute atomic E-state index is 13.8. The minimum Gasteiger partial charge on any atom is -0.361 e. The van der Waals surface area contributed by atoms with Gasteiger partial charge in [0.15, 0.2) is 5.60 Å². The molecule has 3 fully saturated rings. The van der Waals surface area contributed by atoms with Gasteiger partial charge in [-0.3, -0.25) is 14.7 Å². The number of aromatic nitrogens is 1. The molecule has 30 heavy (non-hydrogen) atoms. The lowest BCUT2D eigenvalue weighted by molar-refractivity contribution is -0.172. The Hall–Kier alpha value is -2.24. The van der Waals surface area contributed by atoms with E-state index in [1.165, 1.54) is 29.5 Å². The van der Waals surface area contributed by atoms with Crippen molar-refractivity contribution in [2.24, 2.45) is 5.92 Å². The maximum atomic E-state index is 13.8. The number of pyridine rings is 1. The van der Waals surface area contributed by atoms with Crippen LogP contribution in [0, 0.1) is 19.8 Å². The summed E-state index contributed by atoms with van der Waals surface area (Å²) >= 11 is 0. The van der Waals surface area contributed by atoms with E-state index in [9.17, 15) is 4.79 Å². The quantitative estimate of drug-likeness (QED) is 0.766. The minimum atomic E-state index is -0.797. The number of aryl methyl sites for hydroxylation is 2. The third-order valence-corrected chi connectivity index (χ3v) is 6.78. The molecule has 1 spiro atoms. The normalized spacial score (nSPS) is 27.2. The van der Waals surface area contributed by atoms with Gasteiger partial charge in [0.05, 0.1) is 6.61 Å². The molecule has 0 unspecified atom stereocenters. The molecule has 3 heterocycles. The van der Waals surface area contributed by atoms with Gasteiger partial charge in [0.25, 0.3) is 5.91 Å². The van der Waals surface area contributed by atoms with Crippen molar-refractivity contribution in [2.45, 2.75) is 44.8 Å². The summed E-state index contributed by atoms with van der Waals surface area (Å²) in [6.07, 6.45) is 6.20. The predicted molar refractivity (Wildman–Crippen MR) is 116 cm³/mol. The summed E-state index contributed by atoms with van der Waals surface area (Å²) in [4.78, 5) is 22.6. The van der Waals surface area contributed by atoms with Gasteiger partial charge in [-0.25, -0.2) is 0 Å². The first-order valence-electron chi connectivity index (χ1n) is 11.2. The lowest BCUT2D eigenvalue weighted by Crippen LogP contribution is -2.60. The Balaban J connectivity index is 1.45. The Morgan fingerprint density at radius 1 is 1.20 bits per heavy atom. The van der Waals surface area contributed by atoms with Crippen LogP contribution in [-0.2, 0) is 16.1 Å². The highest BCUT2D eigenvalue weighted by Crippen LogP contribution is 2.43. The summed E-state index contributed by atoms with van der Waals surface area (Å²) in [5.74, 6) is 0.873. The van der Waals surface area contributed by atoms with Crippen molar-refractivity contribution in [1.29, 1.82) is 0 Å². The molecule has 158 valence electrons. The smallest absolute Gasteiger partial charge is 0.256 e. The first kappa shape index (κ1) is 19.7. The lowest BCUT2D eigenvalue weighted by Gasteiger charge is -2.42. The SMILES string of the molecule is Cc1cc(C)cc(CN2C[C@@H](c3cccnc3)[C@]3(C2)OCCN(CC2CC2)C3=O)c1. The van der Waals surface area contributed by atoms with Crippen molar-refractivity contribution in [3.63, 3.8) is 0 Å². The van der Waals surface area contributed by atoms with Crippen LogP contribution in [0.1, 0.15) is 41.0 Å². The molecule has 5 heteroatoms. The van der Waals surface area contributed by atoms with Crippen molar-refractivity contribution in [3.8, 4) is 0 Å². The fourth-order valence-corrected chi connectivity index (χ4v) is 5.33. The third-order valence-electron chi connectivity index (χ3n) is 6.78. The van der Waals surface area contributed by atoms with Gasteiger partial charge < -0.3 is 9.64 Å². The van der Waals surface area contributed by atoms with E-state index in [1.54, 1.807) is 6.20 Å². The molecule has 5 rings (SSSR count). The average molecular weight is 406 g/mol. The largest absolute Gasteiger partial charge is 0.361 e. The minimum absolute atomic E-state index is 0.00612. The molecule has 0 N–H and O–H groups in total. The van der Waals surface area contributed by atoms with Gasteiger partial charge >= 0.3 is 0 Å². The monoisotopic (exact) mass is 405 g/mol. The van der Waals surface area contributed by atoms with Crippen LogP contribution in [0.3, 0.4) is 0 Å². The van der Waals surface area contributed by atoms with Crippen molar-refractivity contribution in [2.75, 3.05) is 32.8 Å². The molecule has 5 nitrogen and oxygen atoms in total. The number of hydrogen-bond acceptors (Lipinski definition) is 4. The molecular weight excluding hydrogens is 374 g/mol. The standard InChI is InChI=1S/C25H31N3O2/c1-18-10-19(2)12-21(11-18)14-27-16-23(22-4-3-7-26-13-22)25(17-27)24(29)28(8-9-30-25)15-20-5-6-20/h3-4,7,10-13,20,23H,5-6,8-9,14-17H2,1-2H3/t23-,25-/m0/s1. The summed E-state index contributed by atoms with van der Waals surface area (Å²) in [6, 6.07) is 10.8. The van der Waals surface area contributed by atoms with Gasteiger partial charge in [-0.15, -0.1) is 0 Å². The van der Waals surface area contributed by atoms with E-state index in [2.05, 4.69) is 52.9 Å². The molecule has 1 saturated carbocycles. The first-order chi connectivity index (χ1) is 14.5. The Kier molecular flexibility index (Phi) is 5.11. The number of benzene rings is 1. The van der Waals surface area contributed by atoms with E-state index in [0.717, 1.165) is 25.2 Å². The number of ether oxygens (including phenoxy) is 1. The van der Waals surface area contributed by atoms with Crippen molar-refractivity contribution in [1.82, 2.24) is 14.8 Å². The van der Waals surface area contributed by atoms with Crippen LogP contribution < -0.4 is 0 Å². The van der Waals surface area contributed by atoms with E-state index < -0.39 is 5.60 Å². The molecule has 1 aromatic carbocycles. The van der Waals surface area contributed by atoms with Crippen LogP contribution in [0.4, 0.5) is 0 Å². The van der Waals surface area contributed by atoms with Crippen LogP contribution in [0.15, 0.2) is 42.7 Å². The van der Waals surface area contributed by atoms with Gasteiger partial charge in [0, 0.05) is 51.0 Å². The average Bonchev–Trinajstić information content (AvgIpc) is 3.46. The van der Waals surface area contributed by atoms with Gasteiger partial charge in [-0.2, -0.15) is 0 Å². The Morgan fingerprint density at radius 3 is 2.70 bits per heavy atom. The molecule has 2 aliphatic heterocycles. The number of carbonyl (C=O) groups is 1. The number of nitrogens with zero attached hydrogens (tertiary/aromatic N) is 3. The first-order valence-corrected chi connectivity index (χ1v) is 11.2. The molecule has 0 radical (unpaired) electrons. The summed E-state index contributed by atoms with van der Waals surface area (Å²) in [7, 11) is 0. The summed E-state index contributed by atoms with van der Waals surface area (Å²) in [5, 5.41) is 0. The zero-order valence-electron chi connectivity index (χ0n) is 18.0. The van der Waals surface area contributed by atoms with Crippen LogP contribution >= 0.6 is 0 Å². The third kappa shape index (κ3) is 3.77. The molecule has 2 atom stereocenters. The molecule has 3 aliphatic rings. The molecular formula is C25H31N3O2. The number of morpholine rings is 1. The maximum Gasteiger partial charge on any atom is 0.256 e. The Labute approximate surface area is 179 Å². The van der Waals surface area contributed by atoms with Crippen LogP contribution in [-0.4, -0.2) is 59.1 Å². The summed E-state index contributed by atoms with van der Waals surface area (Å²) in [6.45, 7) is 8.79. The number of amides is 1. The van der Waals surface area contributed by atoms with Gasteiger partial charge in [-0.05, 0) is 49.8 Å². The zero-order chi connectivity index (χ0) is 20.7. The van der Waals surface area contributed by atoms with Crippen LogP contribution in [0.2, 0.25) is 0 Å². The van der Waals surface area contributed by atoms with Gasteiger partial charge in [0.1, 0.15) is 0 Å². The number of likely N-dealkylation sites (tertiary alicyclic amines) is 1. The van der Waals surface area contributed by atoms with Crippen molar-refractivity contribution in [3.05, 3.63) is 65.0 Å². The Bertz CT molecular complexity index is 907. The van der Waals surface area contributed by atoms with Gasteiger partial charge in [0.2, 0.25) is 0 Å². The van der Waals surface area contributed by atoms with E-state index >= 15 is 0 Å². The van der Waals surface area contributed by atoms with E-state index in [0.29, 0.717) is 25.6 Å². The van der Waals surface area contributed by atoms with E-state index in [4.69, 9.17) is 4.74 Å². The topological polar surface area (TPSA) is 45.7 Å². The highest BCUT2D eigenvalue weighted by molar-refractivity contribution is 5.88. The molecule has 1 aliphatic carbocycles. The number of carbonyl (C=O) groups excluding carboxylic acids is 1. The fourth-order valence-electron chi connectivity index (χ4n) is 5.33. The van der Waals surface area contributed by atoms with Crippen molar-refractivity contribution >= 4 is 5.91 Å². The summed E-state index contributed by atoms with van der Waals surface area (Å²) in [5.41, 5.74) is 4.16. The molecule has 1 aromatic heterocycles. The second-order valence-corrected chi connectivity index (χ2v) is 9.44. The molecule has 2 saturated heterocycles. The second kappa shape index (κ2) is 7.78. The fraction of sp³-hybridized carbons (Fsp3) is 0.520. The number of rotatable bonds is 5. The second-order valence-electron chi connectivity index (χ2n) is 9.44. The van der Waals surface area contributed by atoms with E-state index in [-0.39, 0.29) is 11.8 Å². The molecule has 1 amide bonds. The highest BCUT2D eigenvalue weighted by Gasteiger charge is 2.57. The lowest BCUT2D eigenvalue weighted by atomic mass is 9.83. The Morgan fingerprint density at radius 2 is 2.00 bits per heavy atom. The predicted octanol–water partition coefficient (Wildman–Crippen LogP) is 3.31. The highest BCUT2D eigenvalue weighted by atomic mass is 16.5. The summed E-state index contributed by atoms with van der Waals surface area (Å²) < 4.78 is 6.39.